The summed E-state index contributed by atoms with van der Waals surface area (Å²) in [6.07, 6.45) is 1.40. The molecule has 0 aliphatic rings. The summed E-state index contributed by atoms with van der Waals surface area (Å²) in [6, 6.07) is 6.02. The normalized spacial score (nSPS) is 10.1. The number of rotatable bonds is 5. The van der Waals surface area contributed by atoms with Gasteiger partial charge in [-0.3, -0.25) is 0 Å². The molecule has 0 heterocycles. The zero-order valence-electron chi connectivity index (χ0n) is 9.67. The van der Waals surface area contributed by atoms with Crippen molar-refractivity contribution in [2.45, 2.75) is 33.6 Å². The molecule has 1 rings (SSSR count). The second kappa shape index (κ2) is 5.54. The number of Topliss-reactive ketones (excluding diaryl/α,β-unsaturated/α-hetero) is 1. The molecule has 2 nitrogen and oxygen atoms in total. The number of ketones is 1. The van der Waals surface area contributed by atoms with Gasteiger partial charge in [0, 0.05) is 6.42 Å². The van der Waals surface area contributed by atoms with Crippen LogP contribution in [0, 0.1) is 13.8 Å². The number of benzene rings is 1. The van der Waals surface area contributed by atoms with Gasteiger partial charge in [-0.2, -0.15) is 0 Å². The molecule has 0 N–H and O–H groups in total. The molecule has 0 saturated carbocycles. The van der Waals surface area contributed by atoms with Crippen LogP contribution in [0.25, 0.3) is 0 Å². The van der Waals surface area contributed by atoms with Crippen molar-refractivity contribution in [3.8, 4) is 5.75 Å². The lowest BCUT2D eigenvalue weighted by molar-refractivity contribution is -0.117. The molecular formula is C13H18O2. The van der Waals surface area contributed by atoms with Gasteiger partial charge in [-0.05, 0) is 44.4 Å². The molecule has 2 heteroatoms. The first-order chi connectivity index (χ1) is 7.11. The summed E-state index contributed by atoms with van der Waals surface area (Å²) in [5, 5.41) is 0. The van der Waals surface area contributed by atoms with Crippen LogP contribution in [0.4, 0.5) is 0 Å². The van der Waals surface area contributed by atoms with E-state index in [1.54, 1.807) is 6.92 Å². The third-order valence-electron chi connectivity index (χ3n) is 2.49. The molecule has 15 heavy (non-hydrogen) atoms. The van der Waals surface area contributed by atoms with Gasteiger partial charge in [0.25, 0.3) is 0 Å². The molecule has 0 spiro atoms. The van der Waals surface area contributed by atoms with Gasteiger partial charge in [0.1, 0.15) is 11.5 Å². The van der Waals surface area contributed by atoms with Crippen molar-refractivity contribution in [1.29, 1.82) is 0 Å². The molecule has 0 aliphatic heterocycles. The first-order valence-electron chi connectivity index (χ1n) is 5.29. The van der Waals surface area contributed by atoms with Crippen molar-refractivity contribution in [1.82, 2.24) is 0 Å². The molecule has 0 amide bonds. The molecule has 0 unspecified atom stereocenters. The van der Waals surface area contributed by atoms with E-state index < -0.39 is 0 Å². The Kier molecular flexibility index (Phi) is 4.35. The van der Waals surface area contributed by atoms with Crippen molar-refractivity contribution in [2.24, 2.45) is 0 Å². The summed E-state index contributed by atoms with van der Waals surface area (Å²) in [6.45, 7) is 6.34. The Morgan fingerprint density at radius 3 is 2.73 bits per heavy atom. The number of hydrogen-bond acceptors (Lipinski definition) is 2. The van der Waals surface area contributed by atoms with Crippen LogP contribution in [-0.2, 0) is 4.79 Å². The van der Waals surface area contributed by atoms with E-state index in [0.29, 0.717) is 13.0 Å². The fourth-order valence-corrected chi connectivity index (χ4v) is 1.38. The summed E-state index contributed by atoms with van der Waals surface area (Å²) in [4.78, 5) is 10.7. The number of hydrogen-bond donors (Lipinski definition) is 0. The Hall–Kier alpha value is -1.31. The first kappa shape index (κ1) is 11.8. The molecule has 1 aromatic carbocycles. The number of carbonyl (C=O) groups excluding carboxylic acids is 1. The van der Waals surface area contributed by atoms with E-state index in [2.05, 4.69) is 19.9 Å². The molecule has 0 aliphatic carbocycles. The van der Waals surface area contributed by atoms with Crippen molar-refractivity contribution < 1.29 is 9.53 Å². The maximum Gasteiger partial charge on any atom is 0.129 e. The minimum atomic E-state index is 0.222. The number of carbonyl (C=O) groups is 1. The zero-order chi connectivity index (χ0) is 11.3. The van der Waals surface area contributed by atoms with Gasteiger partial charge >= 0.3 is 0 Å². The molecule has 0 saturated heterocycles. The van der Waals surface area contributed by atoms with Gasteiger partial charge in [-0.25, -0.2) is 0 Å². The van der Waals surface area contributed by atoms with E-state index in [9.17, 15) is 4.79 Å². The predicted molar refractivity (Wildman–Crippen MR) is 61.3 cm³/mol. The summed E-state index contributed by atoms with van der Waals surface area (Å²) in [5.74, 6) is 1.15. The number of ether oxygens (including phenoxy) is 1. The fraction of sp³-hybridized carbons (Fsp3) is 0.462. The van der Waals surface area contributed by atoms with Gasteiger partial charge in [0.05, 0.1) is 6.61 Å². The van der Waals surface area contributed by atoms with Crippen molar-refractivity contribution in [3.63, 3.8) is 0 Å². The van der Waals surface area contributed by atoms with Crippen LogP contribution in [0.5, 0.6) is 5.75 Å². The SMILES string of the molecule is CC(=O)CCCOc1cccc(C)c1C. The largest absolute Gasteiger partial charge is 0.493 e. The molecule has 0 fully saturated rings. The highest BCUT2D eigenvalue weighted by Crippen LogP contribution is 2.20. The van der Waals surface area contributed by atoms with E-state index >= 15 is 0 Å². The average molecular weight is 206 g/mol. The summed E-state index contributed by atoms with van der Waals surface area (Å²) in [7, 11) is 0. The lowest BCUT2D eigenvalue weighted by atomic mass is 10.1. The van der Waals surface area contributed by atoms with Gasteiger partial charge in [-0.1, -0.05) is 12.1 Å². The Labute approximate surface area is 91.3 Å². The average Bonchev–Trinajstić information content (AvgIpc) is 2.18. The lowest BCUT2D eigenvalue weighted by Gasteiger charge is -2.10. The smallest absolute Gasteiger partial charge is 0.129 e. The highest BCUT2D eigenvalue weighted by molar-refractivity contribution is 5.75. The highest BCUT2D eigenvalue weighted by atomic mass is 16.5. The quantitative estimate of drug-likeness (QED) is 0.692. The third-order valence-corrected chi connectivity index (χ3v) is 2.49. The van der Waals surface area contributed by atoms with Gasteiger partial charge < -0.3 is 9.53 Å². The number of aryl methyl sites for hydroxylation is 1. The molecule has 0 atom stereocenters. The second-order valence-corrected chi connectivity index (χ2v) is 3.85. The fourth-order valence-electron chi connectivity index (χ4n) is 1.38. The molecule has 0 aromatic heterocycles. The van der Waals surface area contributed by atoms with E-state index in [0.717, 1.165) is 12.2 Å². The summed E-state index contributed by atoms with van der Waals surface area (Å²) < 4.78 is 5.62. The molecule has 82 valence electrons. The lowest BCUT2D eigenvalue weighted by Crippen LogP contribution is -2.01. The van der Waals surface area contributed by atoms with Crippen LogP contribution in [0.2, 0.25) is 0 Å². The summed E-state index contributed by atoms with van der Waals surface area (Å²) >= 11 is 0. The van der Waals surface area contributed by atoms with E-state index in [1.807, 2.05) is 12.1 Å². The molecule has 1 aromatic rings. The van der Waals surface area contributed by atoms with Crippen LogP contribution in [-0.4, -0.2) is 12.4 Å². The Morgan fingerprint density at radius 2 is 2.07 bits per heavy atom. The molecular weight excluding hydrogens is 188 g/mol. The minimum Gasteiger partial charge on any atom is -0.493 e. The van der Waals surface area contributed by atoms with Crippen LogP contribution in [0.15, 0.2) is 18.2 Å². The van der Waals surface area contributed by atoms with Gasteiger partial charge in [0.2, 0.25) is 0 Å². The van der Waals surface area contributed by atoms with E-state index in [-0.39, 0.29) is 5.78 Å². The zero-order valence-corrected chi connectivity index (χ0v) is 9.67. The van der Waals surface area contributed by atoms with E-state index in [1.165, 1.54) is 11.1 Å². The first-order valence-corrected chi connectivity index (χ1v) is 5.29. The Balaban J connectivity index is 2.44. The highest BCUT2D eigenvalue weighted by Gasteiger charge is 2.01. The Morgan fingerprint density at radius 1 is 1.33 bits per heavy atom. The van der Waals surface area contributed by atoms with Gasteiger partial charge in [-0.15, -0.1) is 0 Å². The van der Waals surface area contributed by atoms with Crippen LogP contribution < -0.4 is 4.74 Å². The topological polar surface area (TPSA) is 26.3 Å². The summed E-state index contributed by atoms with van der Waals surface area (Å²) in [5.41, 5.74) is 2.42. The van der Waals surface area contributed by atoms with Crippen molar-refractivity contribution >= 4 is 5.78 Å². The maximum absolute atomic E-state index is 10.7. The van der Waals surface area contributed by atoms with Crippen LogP contribution in [0.1, 0.15) is 30.9 Å². The third kappa shape index (κ3) is 3.74. The standard InChI is InChI=1S/C13H18O2/c1-10-6-4-8-13(12(10)3)15-9-5-7-11(2)14/h4,6,8H,5,7,9H2,1-3H3. The predicted octanol–water partition coefficient (Wildman–Crippen LogP) is 3.05. The van der Waals surface area contributed by atoms with E-state index in [4.69, 9.17) is 4.74 Å². The monoisotopic (exact) mass is 206 g/mol. The second-order valence-electron chi connectivity index (χ2n) is 3.85. The molecule has 0 bridgehead atoms. The Bertz CT molecular complexity index is 342. The van der Waals surface area contributed by atoms with Crippen molar-refractivity contribution in [2.75, 3.05) is 6.61 Å². The van der Waals surface area contributed by atoms with Gasteiger partial charge in [0.15, 0.2) is 0 Å². The van der Waals surface area contributed by atoms with Crippen LogP contribution in [0.3, 0.4) is 0 Å². The molecule has 0 radical (unpaired) electrons. The minimum absolute atomic E-state index is 0.222. The van der Waals surface area contributed by atoms with Crippen LogP contribution >= 0.6 is 0 Å². The van der Waals surface area contributed by atoms with Crippen molar-refractivity contribution in [3.05, 3.63) is 29.3 Å². The maximum atomic E-state index is 10.7.